The molecule has 0 amide bonds. The first kappa shape index (κ1) is 11.4. The maximum Gasteiger partial charge on any atom is 0.166 e. The van der Waals surface area contributed by atoms with Crippen LogP contribution in [-0.4, -0.2) is 22.9 Å². The Balaban J connectivity index is 2.29. The van der Waals surface area contributed by atoms with Crippen molar-refractivity contribution in [1.82, 2.24) is 9.55 Å². The number of carbonyl (C=O) groups is 1. The van der Waals surface area contributed by atoms with Crippen LogP contribution in [0.3, 0.4) is 0 Å². The van der Waals surface area contributed by atoms with E-state index < -0.39 is 0 Å². The topological polar surface area (TPSA) is 44.1 Å². The lowest BCUT2D eigenvalue weighted by Gasteiger charge is -2.08. The number of aldehydes is 1. The van der Waals surface area contributed by atoms with E-state index in [0.717, 1.165) is 23.4 Å². The Kier molecular flexibility index (Phi) is 3.23. The van der Waals surface area contributed by atoms with Gasteiger partial charge in [0.1, 0.15) is 5.75 Å². The Labute approximate surface area is 99.9 Å². The van der Waals surface area contributed by atoms with Crippen molar-refractivity contribution >= 4 is 6.29 Å². The van der Waals surface area contributed by atoms with E-state index in [4.69, 9.17) is 4.74 Å². The highest BCUT2D eigenvalue weighted by Crippen LogP contribution is 2.14. The quantitative estimate of drug-likeness (QED) is 0.755. The van der Waals surface area contributed by atoms with Gasteiger partial charge in [0.25, 0.3) is 0 Å². The van der Waals surface area contributed by atoms with E-state index in [0.29, 0.717) is 12.2 Å². The van der Waals surface area contributed by atoms with E-state index in [1.165, 1.54) is 0 Å². The van der Waals surface area contributed by atoms with Crippen molar-refractivity contribution in [2.24, 2.45) is 0 Å². The second kappa shape index (κ2) is 4.82. The monoisotopic (exact) mass is 230 g/mol. The van der Waals surface area contributed by atoms with Crippen LogP contribution in [0.4, 0.5) is 0 Å². The molecular weight excluding hydrogens is 216 g/mol. The van der Waals surface area contributed by atoms with Crippen LogP contribution in [0.15, 0.2) is 30.5 Å². The highest BCUT2D eigenvalue weighted by atomic mass is 16.5. The van der Waals surface area contributed by atoms with Gasteiger partial charge in [-0.05, 0) is 19.1 Å². The normalized spacial score (nSPS) is 10.2. The number of hydrogen-bond acceptors (Lipinski definition) is 3. The minimum atomic E-state index is 0.569. The minimum Gasteiger partial charge on any atom is -0.497 e. The lowest BCUT2D eigenvalue weighted by atomic mass is 10.3. The first-order valence-electron chi connectivity index (χ1n) is 5.35. The molecule has 0 spiro atoms. The minimum absolute atomic E-state index is 0.569. The third kappa shape index (κ3) is 2.53. The summed E-state index contributed by atoms with van der Waals surface area (Å²) < 4.78 is 7.05. The summed E-state index contributed by atoms with van der Waals surface area (Å²) >= 11 is 0. The first-order valence-corrected chi connectivity index (χ1v) is 5.35. The maximum absolute atomic E-state index is 10.8. The van der Waals surface area contributed by atoms with Gasteiger partial charge in [-0.3, -0.25) is 9.78 Å². The zero-order chi connectivity index (χ0) is 12.3. The fourth-order valence-electron chi connectivity index (χ4n) is 1.75. The van der Waals surface area contributed by atoms with Crippen molar-refractivity contribution in [3.05, 3.63) is 47.5 Å². The third-order valence-electron chi connectivity index (χ3n) is 2.53. The number of ether oxygens (including phenoxy) is 1. The van der Waals surface area contributed by atoms with Crippen molar-refractivity contribution in [3.8, 4) is 5.75 Å². The summed E-state index contributed by atoms with van der Waals surface area (Å²) in [6.45, 7) is 2.49. The fourth-order valence-corrected chi connectivity index (χ4v) is 1.75. The second-order valence-electron chi connectivity index (χ2n) is 3.82. The number of carbonyl (C=O) groups excluding carboxylic acids is 1. The van der Waals surface area contributed by atoms with Crippen molar-refractivity contribution in [1.29, 1.82) is 0 Å². The number of rotatable bonds is 4. The maximum atomic E-state index is 10.8. The number of methoxy groups -OCH3 is 1. The molecular formula is C13H14N2O2. The summed E-state index contributed by atoms with van der Waals surface area (Å²) in [5, 5.41) is 0. The molecule has 2 rings (SSSR count). The summed E-state index contributed by atoms with van der Waals surface area (Å²) in [5.74, 6) is 0.785. The SMILES string of the molecule is COc1cc(C)nc(Cn2cccc2C=O)c1. The number of pyridine rings is 1. The van der Waals surface area contributed by atoms with Crippen molar-refractivity contribution in [3.63, 3.8) is 0 Å². The van der Waals surface area contributed by atoms with Crippen LogP contribution in [0.1, 0.15) is 21.9 Å². The molecule has 0 bridgehead atoms. The smallest absolute Gasteiger partial charge is 0.166 e. The van der Waals surface area contributed by atoms with Gasteiger partial charge >= 0.3 is 0 Å². The average Bonchev–Trinajstić information content (AvgIpc) is 2.75. The molecule has 0 saturated heterocycles. The van der Waals surface area contributed by atoms with Crippen molar-refractivity contribution in [2.75, 3.05) is 7.11 Å². The molecule has 0 aromatic carbocycles. The highest BCUT2D eigenvalue weighted by molar-refractivity contribution is 5.72. The Hall–Kier alpha value is -2.10. The van der Waals surface area contributed by atoms with Crippen LogP contribution in [0.25, 0.3) is 0 Å². The molecule has 0 aliphatic carbocycles. The van der Waals surface area contributed by atoms with Crippen molar-refractivity contribution in [2.45, 2.75) is 13.5 Å². The number of aromatic nitrogens is 2. The van der Waals surface area contributed by atoms with Gasteiger partial charge in [-0.1, -0.05) is 0 Å². The molecule has 0 unspecified atom stereocenters. The molecule has 0 fully saturated rings. The van der Waals surface area contributed by atoms with E-state index in [-0.39, 0.29) is 0 Å². The van der Waals surface area contributed by atoms with E-state index in [1.54, 1.807) is 13.2 Å². The molecule has 0 saturated carbocycles. The van der Waals surface area contributed by atoms with E-state index in [9.17, 15) is 4.79 Å². The largest absolute Gasteiger partial charge is 0.497 e. The Morgan fingerprint density at radius 2 is 2.29 bits per heavy atom. The fraction of sp³-hybridized carbons (Fsp3) is 0.231. The van der Waals surface area contributed by atoms with E-state index in [2.05, 4.69) is 4.98 Å². The molecule has 4 heteroatoms. The predicted molar refractivity (Wildman–Crippen MR) is 64.4 cm³/mol. The van der Waals surface area contributed by atoms with Gasteiger partial charge in [0.05, 0.1) is 25.0 Å². The first-order chi connectivity index (χ1) is 8.22. The lowest BCUT2D eigenvalue weighted by molar-refractivity contribution is 0.111. The van der Waals surface area contributed by atoms with Gasteiger partial charge in [0.15, 0.2) is 6.29 Å². The number of nitrogens with zero attached hydrogens (tertiary/aromatic N) is 2. The van der Waals surface area contributed by atoms with Crippen LogP contribution in [0, 0.1) is 6.92 Å². The summed E-state index contributed by atoms with van der Waals surface area (Å²) in [5.41, 5.74) is 2.42. The molecule has 2 aromatic heterocycles. The molecule has 0 aliphatic rings. The van der Waals surface area contributed by atoms with Crippen LogP contribution < -0.4 is 4.74 Å². The van der Waals surface area contributed by atoms with Gasteiger partial charge in [-0.15, -0.1) is 0 Å². The zero-order valence-corrected chi connectivity index (χ0v) is 9.88. The molecule has 0 atom stereocenters. The van der Waals surface area contributed by atoms with Crippen molar-refractivity contribution < 1.29 is 9.53 Å². The van der Waals surface area contributed by atoms with Crippen LogP contribution in [0.2, 0.25) is 0 Å². The summed E-state index contributed by atoms with van der Waals surface area (Å²) in [6.07, 6.45) is 2.70. The summed E-state index contributed by atoms with van der Waals surface area (Å²) in [7, 11) is 1.63. The molecule has 0 aliphatic heterocycles. The summed E-state index contributed by atoms with van der Waals surface area (Å²) in [4.78, 5) is 15.2. The number of aryl methyl sites for hydroxylation is 1. The average molecular weight is 230 g/mol. The lowest BCUT2D eigenvalue weighted by Crippen LogP contribution is -2.05. The standard InChI is InChI=1S/C13H14N2O2/c1-10-6-13(17-2)7-11(14-10)8-15-5-3-4-12(15)9-16/h3-7,9H,8H2,1-2H3. The van der Waals surface area contributed by atoms with Crippen LogP contribution >= 0.6 is 0 Å². The molecule has 2 aromatic rings. The van der Waals surface area contributed by atoms with Gasteiger partial charge < -0.3 is 9.30 Å². The Morgan fingerprint density at radius 1 is 1.47 bits per heavy atom. The second-order valence-corrected chi connectivity index (χ2v) is 3.82. The zero-order valence-electron chi connectivity index (χ0n) is 9.88. The summed E-state index contributed by atoms with van der Waals surface area (Å²) in [6, 6.07) is 7.37. The van der Waals surface area contributed by atoms with E-state index >= 15 is 0 Å². The Morgan fingerprint density at radius 3 is 3.00 bits per heavy atom. The van der Waals surface area contributed by atoms with Crippen LogP contribution in [0.5, 0.6) is 5.75 Å². The van der Waals surface area contributed by atoms with Crippen LogP contribution in [-0.2, 0) is 6.54 Å². The molecule has 88 valence electrons. The van der Waals surface area contributed by atoms with Gasteiger partial charge in [-0.25, -0.2) is 0 Å². The Bertz CT molecular complexity index is 532. The molecule has 4 nitrogen and oxygen atoms in total. The molecule has 0 N–H and O–H groups in total. The van der Waals surface area contributed by atoms with Gasteiger partial charge in [0.2, 0.25) is 0 Å². The third-order valence-corrected chi connectivity index (χ3v) is 2.53. The van der Waals surface area contributed by atoms with Gasteiger partial charge in [-0.2, -0.15) is 0 Å². The molecule has 2 heterocycles. The predicted octanol–water partition coefficient (Wildman–Crippen LogP) is 2.06. The van der Waals surface area contributed by atoms with E-state index in [1.807, 2.05) is 35.9 Å². The molecule has 0 radical (unpaired) electrons. The van der Waals surface area contributed by atoms with Gasteiger partial charge in [0, 0.05) is 24.0 Å². The number of hydrogen-bond donors (Lipinski definition) is 0. The molecule has 17 heavy (non-hydrogen) atoms. The highest BCUT2D eigenvalue weighted by Gasteiger charge is 2.04.